The Hall–Kier alpha value is -4.37. The van der Waals surface area contributed by atoms with Gasteiger partial charge in [0, 0.05) is 15.8 Å². The molecule has 6 nitrogen and oxygen atoms in total. The van der Waals surface area contributed by atoms with Crippen LogP contribution in [0.1, 0.15) is 5.56 Å². The minimum Gasteiger partial charge on any atom is -0.428 e. The maximum absolute atomic E-state index is 13.2. The molecule has 1 heterocycles. The van der Waals surface area contributed by atoms with E-state index in [2.05, 4.69) is 23.8 Å². The highest BCUT2D eigenvalue weighted by Crippen LogP contribution is 2.34. The number of pyridine rings is 1. The summed E-state index contributed by atoms with van der Waals surface area (Å²) in [6, 6.07) is 26.6. The lowest BCUT2D eigenvalue weighted by Crippen LogP contribution is -2.33. The molecule has 0 fully saturated rings. The van der Waals surface area contributed by atoms with Gasteiger partial charge in [0.05, 0.1) is 23.3 Å². The Morgan fingerprint density at radius 3 is 2.00 bits per heavy atom. The standard InChI is InChI=1S/C24H14F7NO2.C7H8O3S/c25-22(26)23(27,28)33-16-6-2-5-15(13-16)20-11-10-19-18(8-3-9-21(19)32-20)14-4-1-7-17(12-14)34-24(29,30)31;1-6-2-4-7(5-3-6)11-10-9-8/h1-13,22H;2-5,8H,1H3. The molecule has 1 N–H and O–H groups in total. The van der Waals surface area contributed by atoms with Gasteiger partial charge in [0.25, 0.3) is 0 Å². The zero-order chi connectivity index (χ0) is 32.6. The lowest BCUT2D eigenvalue weighted by atomic mass is 9.99. The van der Waals surface area contributed by atoms with E-state index in [9.17, 15) is 30.7 Å². The third kappa shape index (κ3) is 9.56. The number of aryl methyl sites for hydroxylation is 1. The van der Waals surface area contributed by atoms with Crippen LogP contribution in [-0.4, -0.2) is 29.1 Å². The molecule has 0 spiro atoms. The highest BCUT2D eigenvalue weighted by Gasteiger charge is 2.44. The van der Waals surface area contributed by atoms with Crippen LogP contribution in [-0.2, 0) is 9.37 Å². The Morgan fingerprint density at radius 1 is 0.733 bits per heavy atom. The molecule has 0 aliphatic carbocycles. The van der Waals surface area contributed by atoms with Gasteiger partial charge >= 0.3 is 18.9 Å². The Kier molecular flexibility index (Phi) is 10.9. The van der Waals surface area contributed by atoms with Gasteiger partial charge in [0.1, 0.15) is 11.5 Å². The lowest BCUT2D eigenvalue weighted by molar-refractivity contribution is -0.432. The number of nitrogens with zero attached hydrogens (tertiary/aromatic N) is 1. The van der Waals surface area contributed by atoms with Gasteiger partial charge in [-0.05, 0) is 66.6 Å². The van der Waals surface area contributed by atoms with E-state index in [1.807, 2.05) is 31.2 Å². The van der Waals surface area contributed by atoms with Crippen LogP contribution in [0.5, 0.6) is 11.5 Å². The molecule has 0 bridgehead atoms. The van der Waals surface area contributed by atoms with Gasteiger partial charge in [-0.15, -0.1) is 17.5 Å². The van der Waals surface area contributed by atoms with Crippen molar-refractivity contribution in [2.45, 2.75) is 30.7 Å². The number of fused-ring (bicyclic) bond motifs is 1. The molecule has 0 saturated carbocycles. The SMILES string of the molecule is Cc1ccc(SOOO)cc1.FC(F)C(F)(F)Oc1cccc(-c2ccc3c(-c4cccc(OC(F)(F)F)c4)cccc3n2)c1. The molecule has 0 amide bonds. The molecule has 0 saturated heterocycles. The van der Waals surface area contributed by atoms with Gasteiger partial charge in [-0.2, -0.15) is 17.6 Å². The summed E-state index contributed by atoms with van der Waals surface area (Å²) >= 11 is 0.957. The first-order chi connectivity index (χ1) is 21.3. The average Bonchev–Trinajstić information content (AvgIpc) is 3.00. The van der Waals surface area contributed by atoms with Crippen molar-refractivity contribution in [1.82, 2.24) is 4.98 Å². The Bertz CT molecular complexity index is 1720. The molecule has 5 aromatic rings. The number of alkyl halides is 7. The van der Waals surface area contributed by atoms with Crippen LogP contribution in [0.15, 0.2) is 108 Å². The fraction of sp³-hybridized carbons (Fsp3) is 0.129. The van der Waals surface area contributed by atoms with E-state index < -0.39 is 24.6 Å². The van der Waals surface area contributed by atoms with E-state index >= 15 is 0 Å². The number of rotatable bonds is 9. The molecule has 0 radical (unpaired) electrons. The van der Waals surface area contributed by atoms with Crippen LogP contribution >= 0.6 is 12.0 Å². The molecule has 45 heavy (non-hydrogen) atoms. The van der Waals surface area contributed by atoms with Crippen LogP contribution < -0.4 is 9.47 Å². The number of aromatic nitrogens is 1. The van der Waals surface area contributed by atoms with Crippen LogP contribution in [0.2, 0.25) is 0 Å². The van der Waals surface area contributed by atoms with Crippen LogP contribution in [0, 0.1) is 6.92 Å². The van der Waals surface area contributed by atoms with Crippen molar-refractivity contribution in [2.24, 2.45) is 0 Å². The van der Waals surface area contributed by atoms with Crippen molar-refractivity contribution < 1.29 is 54.8 Å². The smallest absolute Gasteiger partial charge is 0.428 e. The van der Waals surface area contributed by atoms with Gasteiger partial charge in [-0.3, -0.25) is 0 Å². The third-order valence-corrected chi connectivity index (χ3v) is 6.52. The molecule has 14 heteroatoms. The van der Waals surface area contributed by atoms with Gasteiger partial charge in [-0.25, -0.2) is 10.2 Å². The van der Waals surface area contributed by atoms with Crippen molar-refractivity contribution in [3.63, 3.8) is 0 Å². The first-order valence-electron chi connectivity index (χ1n) is 12.8. The molecule has 0 atom stereocenters. The minimum absolute atomic E-state index is 0.343. The highest BCUT2D eigenvalue weighted by molar-refractivity contribution is 7.94. The molecule has 236 valence electrons. The summed E-state index contributed by atoms with van der Waals surface area (Å²) in [5, 5.41) is 11.9. The van der Waals surface area contributed by atoms with Crippen LogP contribution in [0.3, 0.4) is 0 Å². The van der Waals surface area contributed by atoms with Crippen molar-refractivity contribution in [3.05, 3.63) is 109 Å². The number of ether oxygens (including phenoxy) is 2. The van der Waals surface area contributed by atoms with E-state index in [1.165, 1.54) is 29.8 Å². The number of benzene rings is 4. The summed E-state index contributed by atoms with van der Waals surface area (Å²) in [5.74, 6) is -0.830. The number of halogens is 7. The largest absolute Gasteiger partial charge is 0.573 e. The minimum atomic E-state index is -4.83. The average molecular weight is 654 g/mol. The van der Waals surface area contributed by atoms with Crippen molar-refractivity contribution >= 4 is 22.9 Å². The summed E-state index contributed by atoms with van der Waals surface area (Å²) in [4.78, 5) is 5.36. The topological polar surface area (TPSA) is 70.0 Å². The van der Waals surface area contributed by atoms with E-state index in [-0.39, 0.29) is 5.75 Å². The first-order valence-corrected chi connectivity index (χ1v) is 13.5. The first kappa shape index (κ1) is 33.5. The van der Waals surface area contributed by atoms with Gasteiger partial charge in [0.15, 0.2) is 0 Å². The van der Waals surface area contributed by atoms with E-state index in [0.29, 0.717) is 33.3 Å². The number of hydrogen-bond acceptors (Lipinski definition) is 7. The monoisotopic (exact) mass is 653 g/mol. The number of hydrogen-bond donors (Lipinski definition) is 1. The predicted molar refractivity (Wildman–Crippen MR) is 153 cm³/mol. The maximum Gasteiger partial charge on any atom is 0.573 e. The molecule has 4 aromatic carbocycles. The molecule has 0 aliphatic rings. The molecule has 0 aliphatic heterocycles. The van der Waals surface area contributed by atoms with E-state index in [4.69, 9.17) is 5.26 Å². The summed E-state index contributed by atoms with van der Waals surface area (Å²) in [5.41, 5.74) is 3.41. The van der Waals surface area contributed by atoms with Crippen LogP contribution in [0.4, 0.5) is 30.7 Å². The third-order valence-electron chi connectivity index (χ3n) is 5.93. The molecule has 1 aromatic heterocycles. The zero-order valence-electron chi connectivity index (χ0n) is 23.0. The normalized spacial score (nSPS) is 11.7. The summed E-state index contributed by atoms with van der Waals surface area (Å²) in [7, 11) is 0. The second-order valence-electron chi connectivity index (χ2n) is 9.18. The van der Waals surface area contributed by atoms with Crippen molar-refractivity contribution in [3.8, 4) is 33.9 Å². The van der Waals surface area contributed by atoms with E-state index in [0.717, 1.165) is 29.1 Å². The van der Waals surface area contributed by atoms with Gasteiger partial charge < -0.3 is 9.47 Å². The summed E-state index contributed by atoms with van der Waals surface area (Å²) < 4.78 is 101. The lowest BCUT2D eigenvalue weighted by Gasteiger charge is -2.17. The van der Waals surface area contributed by atoms with E-state index in [1.54, 1.807) is 42.5 Å². The highest BCUT2D eigenvalue weighted by atomic mass is 32.2. The quantitative estimate of drug-likeness (QED) is 0.0735. The second-order valence-corrected chi connectivity index (χ2v) is 9.95. The summed E-state index contributed by atoms with van der Waals surface area (Å²) in [6.07, 6.45) is -13.5. The Morgan fingerprint density at radius 2 is 1.36 bits per heavy atom. The fourth-order valence-electron chi connectivity index (χ4n) is 4.00. The second kappa shape index (κ2) is 14.6. The van der Waals surface area contributed by atoms with Gasteiger partial charge in [0.2, 0.25) is 0 Å². The van der Waals surface area contributed by atoms with Crippen LogP contribution in [0.25, 0.3) is 33.3 Å². The Balaban J connectivity index is 0.000000354. The summed E-state index contributed by atoms with van der Waals surface area (Å²) in [6.45, 7) is 2.00. The molecular formula is C31H22F7NO5S. The maximum atomic E-state index is 13.2. The Labute approximate surface area is 256 Å². The predicted octanol–water partition coefficient (Wildman–Crippen LogP) is 10.1. The molecular weight excluding hydrogens is 631 g/mol. The van der Waals surface area contributed by atoms with Crippen molar-refractivity contribution in [2.75, 3.05) is 0 Å². The fourth-order valence-corrected chi connectivity index (χ4v) is 4.35. The zero-order valence-corrected chi connectivity index (χ0v) is 23.8. The molecule has 5 rings (SSSR count). The molecule has 0 unspecified atom stereocenters. The van der Waals surface area contributed by atoms with Gasteiger partial charge in [-0.1, -0.05) is 65.2 Å². The van der Waals surface area contributed by atoms with Crippen molar-refractivity contribution in [1.29, 1.82) is 0 Å².